The summed E-state index contributed by atoms with van der Waals surface area (Å²) in [4.78, 5) is 4.05. The predicted molar refractivity (Wildman–Crippen MR) is 55.9 cm³/mol. The SMILES string of the molecule is CC(O)c1noc(-c2csc(Br)c2)n1. The van der Waals surface area contributed by atoms with Gasteiger partial charge >= 0.3 is 0 Å². The molecule has 14 heavy (non-hydrogen) atoms. The molecular formula is C8H7BrN2O2S. The Bertz CT molecular complexity index is 438. The molecular weight excluding hydrogens is 268 g/mol. The number of nitrogens with zero attached hydrogens (tertiary/aromatic N) is 2. The van der Waals surface area contributed by atoms with E-state index in [-0.39, 0.29) is 0 Å². The Hall–Kier alpha value is -0.720. The lowest BCUT2D eigenvalue weighted by atomic mass is 10.3. The van der Waals surface area contributed by atoms with Crippen molar-refractivity contribution in [3.8, 4) is 11.5 Å². The molecule has 2 aromatic heterocycles. The quantitative estimate of drug-likeness (QED) is 0.915. The molecule has 0 aliphatic heterocycles. The summed E-state index contributed by atoms with van der Waals surface area (Å²) in [6.07, 6.45) is -0.699. The van der Waals surface area contributed by atoms with Gasteiger partial charge in [-0.3, -0.25) is 0 Å². The smallest absolute Gasteiger partial charge is 0.258 e. The summed E-state index contributed by atoms with van der Waals surface area (Å²) in [6, 6.07) is 1.89. The van der Waals surface area contributed by atoms with Crippen molar-refractivity contribution in [3.63, 3.8) is 0 Å². The monoisotopic (exact) mass is 274 g/mol. The molecule has 4 nitrogen and oxygen atoms in total. The van der Waals surface area contributed by atoms with Gasteiger partial charge in [0.2, 0.25) is 0 Å². The minimum atomic E-state index is -0.699. The van der Waals surface area contributed by atoms with E-state index in [0.29, 0.717) is 11.7 Å². The van der Waals surface area contributed by atoms with Gasteiger partial charge in [0.25, 0.3) is 5.89 Å². The molecule has 1 atom stereocenters. The molecule has 0 saturated carbocycles. The zero-order valence-corrected chi connectivity index (χ0v) is 9.67. The van der Waals surface area contributed by atoms with Gasteiger partial charge in [-0.05, 0) is 28.9 Å². The molecule has 1 N–H and O–H groups in total. The van der Waals surface area contributed by atoms with Crippen LogP contribution in [-0.4, -0.2) is 15.2 Å². The number of aromatic nitrogens is 2. The minimum Gasteiger partial charge on any atom is -0.385 e. The van der Waals surface area contributed by atoms with Gasteiger partial charge in [-0.1, -0.05) is 5.16 Å². The molecule has 1 unspecified atom stereocenters. The van der Waals surface area contributed by atoms with E-state index in [0.717, 1.165) is 9.35 Å². The van der Waals surface area contributed by atoms with Crippen LogP contribution in [0.1, 0.15) is 18.9 Å². The van der Waals surface area contributed by atoms with Gasteiger partial charge in [0.05, 0.1) is 9.35 Å². The molecule has 2 heterocycles. The van der Waals surface area contributed by atoms with Crippen molar-refractivity contribution in [1.82, 2.24) is 10.1 Å². The van der Waals surface area contributed by atoms with Gasteiger partial charge in [0.15, 0.2) is 5.82 Å². The van der Waals surface area contributed by atoms with Crippen LogP contribution < -0.4 is 0 Å². The minimum absolute atomic E-state index is 0.308. The zero-order chi connectivity index (χ0) is 10.1. The fourth-order valence-corrected chi connectivity index (χ4v) is 2.07. The summed E-state index contributed by atoms with van der Waals surface area (Å²) in [6.45, 7) is 1.60. The summed E-state index contributed by atoms with van der Waals surface area (Å²) < 4.78 is 5.99. The van der Waals surface area contributed by atoms with Crippen molar-refractivity contribution < 1.29 is 9.63 Å². The summed E-state index contributed by atoms with van der Waals surface area (Å²) >= 11 is 4.89. The molecule has 2 rings (SSSR count). The van der Waals surface area contributed by atoms with E-state index in [2.05, 4.69) is 26.1 Å². The maximum Gasteiger partial charge on any atom is 0.258 e. The topological polar surface area (TPSA) is 59.2 Å². The number of hydrogen-bond acceptors (Lipinski definition) is 5. The Morgan fingerprint density at radius 3 is 2.93 bits per heavy atom. The van der Waals surface area contributed by atoms with Crippen LogP contribution in [0, 0.1) is 0 Å². The number of hydrogen-bond donors (Lipinski definition) is 1. The van der Waals surface area contributed by atoms with Crippen molar-refractivity contribution in [1.29, 1.82) is 0 Å². The molecule has 0 bridgehead atoms. The Kier molecular flexibility index (Phi) is 2.66. The van der Waals surface area contributed by atoms with Crippen molar-refractivity contribution in [2.45, 2.75) is 13.0 Å². The number of aliphatic hydroxyl groups is 1. The predicted octanol–water partition coefficient (Wildman–Crippen LogP) is 2.61. The molecule has 74 valence electrons. The van der Waals surface area contributed by atoms with Gasteiger partial charge in [-0.25, -0.2) is 0 Å². The van der Waals surface area contributed by atoms with E-state index in [9.17, 15) is 5.11 Å². The van der Waals surface area contributed by atoms with Gasteiger partial charge in [-0.15, -0.1) is 11.3 Å². The van der Waals surface area contributed by atoms with Crippen molar-refractivity contribution in [2.75, 3.05) is 0 Å². The standard InChI is InChI=1S/C8H7BrN2O2S/c1-4(12)7-10-8(13-11-7)5-2-6(9)14-3-5/h2-4,12H,1H3. The van der Waals surface area contributed by atoms with E-state index in [1.54, 1.807) is 18.3 Å². The summed E-state index contributed by atoms with van der Waals surface area (Å²) in [7, 11) is 0. The highest BCUT2D eigenvalue weighted by Crippen LogP contribution is 2.28. The van der Waals surface area contributed by atoms with Gasteiger partial charge in [0, 0.05) is 5.38 Å². The Morgan fingerprint density at radius 2 is 2.43 bits per heavy atom. The van der Waals surface area contributed by atoms with Gasteiger partial charge < -0.3 is 9.63 Å². The van der Waals surface area contributed by atoms with Gasteiger partial charge in [-0.2, -0.15) is 4.98 Å². The maximum atomic E-state index is 9.20. The first-order valence-electron chi connectivity index (χ1n) is 3.93. The van der Waals surface area contributed by atoms with Crippen LogP contribution in [0.3, 0.4) is 0 Å². The molecule has 0 amide bonds. The second-order valence-electron chi connectivity index (χ2n) is 2.77. The Labute approximate surface area is 92.7 Å². The van der Waals surface area contributed by atoms with Crippen LogP contribution in [0.25, 0.3) is 11.5 Å². The largest absolute Gasteiger partial charge is 0.385 e. The molecule has 0 spiro atoms. The van der Waals surface area contributed by atoms with E-state index in [1.165, 1.54) is 0 Å². The average Bonchev–Trinajstić information content (AvgIpc) is 2.70. The Morgan fingerprint density at radius 1 is 1.64 bits per heavy atom. The van der Waals surface area contributed by atoms with Crippen LogP contribution in [0.5, 0.6) is 0 Å². The fraction of sp³-hybridized carbons (Fsp3) is 0.250. The normalized spacial score (nSPS) is 13.1. The van der Waals surface area contributed by atoms with Crippen LogP contribution in [-0.2, 0) is 0 Å². The molecule has 0 fully saturated rings. The Balaban J connectivity index is 2.33. The van der Waals surface area contributed by atoms with Crippen LogP contribution in [0.4, 0.5) is 0 Å². The molecule has 6 heteroatoms. The van der Waals surface area contributed by atoms with Gasteiger partial charge in [0.1, 0.15) is 6.10 Å². The highest BCUT2D eigenvalue weighted by Gasteiger charge is 2.13. The van der Waals surface area contributed by atoms with Crippen LogP contribution >= 0.6 is 27.3 Å². The average molecular weight is 275 g/mol. The third kappa shape index (κ3) is 1.87. The first-order chi connectivity index (χ1) is 6.66. The molecule has 0 aliphatic carbocycles. The lowest BCUT2D eigenvalue weighted by Gasteiger charge is -1.91. The highest BCUT2D eigenvalue weighted by molar-refractivity contribution is 9.11. The molecule has 2 aromatic rings. The molecule has 0 aliphatic rings. The van der Waals surface area contributed by atoms with E-state index < -0.39 is 6.10 Å². The third-order valence-corrected chi connectivity index (χ3v) is 3.13. The number of aliphatic hydroxyl groups excluding tert-OH is 1. The molecule has 0 aromatic carbocycles. The number of rotatable bonds is 2. The van der Waals surface area contributed by atoms with Crippen LogP contribution in [0.15, 0.2) is 19.8 Å². The van der Waals surface area contributed by atoms with Crippen LogP contribution in [0.2, 0.25) is 0 Å². The van der Waals surface area contributed by atoms with E-state index >= 15 is 0 Å². The zero-order valence-electron chi connectivity index (χ0n) is 7.27. The lowest BCUT2D eigenvalue weighted by molar-refractivity contribution is 0.184. The number of thiophene rings is 1. The molecule has 0 saturated heterocycles. The summed E-state index contributed by atoms with van der Waals surface area (Å²) in [5.41, 5.74) is 0.862. The molecule has 0 radical (unpaired) electrons. The second-order valence-corrected chi connectivity index (χ2v) is 5.06. The highest BCUT2D eigenvalue weighted by atomic mass is 79.9. The first-order valence-corrected chi connectivity index (χ1v) is 5.60. The number of halogens is 1. The van der Waals surface area contributed by atoms with E-state index in [4.69, 9.17) is 4.52 Å². The fourth-order valence-electron chi connectivity index (χ4n) is 0.944. The summed E-state index contributed by atoms with van der Waals surface area (Å²) in [5.74, 6) is 0.741. The third-order valence-electron chi connectivity index (χ3n) is 1.63. The maximum absolute atomic E-state index is 9.20. The van der Waals surface area contributed by atoms with Crippen molar-refractivity contribution in [2.24, 2.45) is 0 Å². The van der Waals surface area contributed by atoms with E-state index in [1.807, 2.05) is 11.4 Å². The first kappa shape index (κ1) is 9.82. The second kappa shape index (κ2) is 3.80. The van der Waals surface area contributed by atoms with Crippen molar-refractivity contribution >= 4 is 27.3 Å². The lowest BCUT2D eigenvalue weighted by Crippen LogP contribution is -1.92. The summed E-state index contributed by atoms with van der Waals surface area (Å²) in [5, 5.41) is 14.8. The van der Waals surface area contributed by atoms with Crippen molar-refractivity contribution in [3.05, 3.63) is 21.1 Å².